The molecule has 1 unspecified atom stereocenters. The maximum Gasteiger partial charge on any atom is 0.253 e. The minimum absolute atomic E-state index is 0.0319. The van der Waals surface area contributed by atoms with Crippen molar-refractivity contribution < 1.29 is 9.90 Å². The van der Waals surface area contributed by atoms with Crippen molar-refractivity contribution in [1.82, 2.24) is 25.5 Å². The zero-order valence-corrected chi connectivity index (χ0v) is 11.5. The van der Waals surface area contributed by atoms with E-state index in [4.69, 9.17) is 5.11 Å². The third kappa shape index (κ3) is 3.08. The smallest absolute Gasteiger partial charge is 0.253 e. The topological polar surface area (TPSA) is 92.9 Å². The van der Waals surface area contributed by atoms with Gasteiger partial charge in [-0.05, 0) is 47.7 Å². The molecular formula is C14H17N5O2. The molecular weight excluding hydrogens is 270 g/mol. The fourth-order valence-electron chi connectivity index (χ4n) is 2.45. The summed E-state index contributed by atoms with van der Waals surface area (Å²) in [6.07, 6.45) is 4.26. The lowest BCUT2D eigenvalue weighted by molar-refractivity contribution is 0.0924. The first-order valence-electron chi connectivity index (χ1n) is 7.03. The van der Waals surface area contributed by atoms with Gasteiger partial charge in [0.05, 0.1) is 11.3 Å². The van der Waals surface area contributed by atoms with Crippen molar-refractivity contribution in [3.63, 3.8) is 0 Å². The third-order valence-electron chi connectivity index (χ3n) is 3.69. The zero-order valence-electron chi connectivity index (χ0n) is 11.5. The Morgan fingerprint density at radius 2 is 2.24 bits per heavy atom. The van der Waals surface area contributed by atoms with Gasteiger partial charge in [-0.25, -0.2) is 0 Å². The first-order chi connectivity index (χ1) is 10.3. The van der Waals surface area contributed by atoms with Gasteiger partial charge in [0, 0.05) is 12.6 Å². The number of para-hydroxylation sites is 1. The Morgan fingerprint density at radius 3 is 2.90 bits per heavy atom. The first-order valence-corrected chi connectivity index (χ1v) is 7.03. The molecule has 1 amide bonds. The van der Waals surface area contributed by atoms with Crippen LogP contribution in [-0.2, 0) is 0 Å². The number of rotatable bonds is 6. The van der Waals surface area contributed by atoms with E-state index in [0.717, 1.165) is 12.8 Å². The number of carbonyl (C=O) groups is 1. The highest BCUT2D eigenvalue weighted by Crippen LogP contribution is 2.34. The molecule has 1 saturated carbocycles. The van der Waals surface area contributed by atoms with Crippen molar-refractivity contribution in [3.8, 4) is 5.69 Å². The molecule has 2 aromatic rings. The van der Waals surface area contributed by atoms with E-state index in [2.05, 4.69) is 20.8 Å². The Labute approximate surface area is 122 Å². The van der Waals surface area contributed by atoms with Crippen LogP contribution in [0.4, 0.5) is 0 Å². The van der Waals surface area contributed by atoms with Gasteiger partial charge < -0.3 is 10.4 Å². The number of nitrogens with one attached hydrogen (secondary N) is 1. The molecule has 0 spiro atoms. The Balaban J connectivity index is 1.81. The van der Waals surface area contributed by atoms with Crippen molar-refractivity contribution >= 4 is 5.91 Å². The number of aromatic nitrogens is 4. The predicted molar refractivity (Wildman–Crippen MR) is 74.8 cm³/mol. The summed E-state index contributed by atoms with van der Waals surface area (Å²) in [6, 6.07) is 7.21. The number of hydrogen-bond acceptors (Lipinski definition) is 5. The number of amides is 1. The standard InChI is InChI=1S/C14H17N5O2/c20-8-7-12(10-5-6-10)16-14(21)11-3-1-2-4-13(11)19-9-15-17-18-19/h1-4,9-10,12,20H,5-8H2,(H,16,21). The zero-order chi connectivity index (χ0) is 14.7. The molecule has 0 aliphatic heterocycles. The number of carbonyl (C=O) groups excluding carboxylic acids is 1. The largest absolute Gasteiger partial charge is 0.396 e. The molecule has 0 radical (unpaired) electrons. The fraction of sp³-hybridized carbons (Fsp3) is 0.429. The van der Waals surface area contributed by atoms with Crippen LogP contribution in [0.3, 0.4) is 0 Å². The quantitative estimate of drug-likeness (QED) is 0.809. The van der Waals surface area contributed by atoms with E-state index >= 15 is 0 Å². The number of tetrazole rings is 1. The normalized spacial score (nSPS) is 15.7. The van der Waals surface area contributed by atoms with E-state index in [0.29, 0.717) is 23.6 Å². The van der Waals surface area contributed by atoms with Gasteiger partial charge >= 0.3 is 0 Å². The van der Waals surface area contributed by atoms with Crippen LogP contribution in [0.15, 0.2) is 30.6 Å². The van der Waals surface area contributed by atoms with E-state index in [1.165, 1.54) is 11.0 Å². The molecule has 1 fully saturated rings. The molecule has 1 aliphatic rings. The second kappa shape index (κ2) is 6.01. The van der Waals surface area contributed by atoms with Gasteiger partial charge in [0.2, 0.25) is 0 Å². The summed E-state index contributed by atoms with van der Waals surface area (Å²) in [5, 5.41) is 23.2. The van der Waals surface area contributed by atoms with E-state index in [-0.39, 0.29) is 18.6 Å². The predicted octanol–water partition coefficient (Wildman–Crippen LogP) is 0.553. The van der Waals surface area contributed by atoms with E-state index in [1.54, 1.807) is 18.2 Å². The second-order valence-electron chi connectivity index (χ2n) is 5.20. The maximum atomic E-state index is 12.5. The number of hydrogen-bond donors (Lipinski definition) is 2. The lowest BCUT2D eigenvalue weighted by atomic mass is 10.1. The highest BCUT2D eigenvalue weighted by molar-refractivity contribution is 5.97. The maximum absolute atomic E-state index is 12.5. The van der Waals surface area contributed by atoms with Crippen LogP contribution in [-0.4, -0.2) is 43.9 Å². The number of aliphatic hydroxyl groups excluding tert-OH is 1. The Bertz CT molecular complexity index is 610. The van der Waals surface area contributed by atoms with Crippen LogP contribution in [0.5, 0.6) is 0 Å². The van der Waals surface area contributed by atoms with Crippen LogP contribution >= 0.6 is 0 Å². The second-order valence-corrected chi connectivity index (χ2v) is 5.20. The average molecular weight is 287 g/mol. The molecule has 0 saturated heterocycles. The van der Waals surface area contributed by atoms with Crippen LogP contribution in [0, 0.1) is 5.92 Å². The lowest BCUT2D eigenvalue weighted by Crippen LogP contribution is -2.37. The molecule has 2 N–H and O–H groups in total. The monoisotopic (exact) mass is 287 g/mol. The van der Waals surface area contributed by atoms with Crippen LogP contribution in [0.25, 0.3) is 5.69 Å². The molecule has 3 rings (SSSR count). The van der Waals surface area contributed by atoms with Crippen molar-refractivity contribution in [2.45, 2.75) is 25.3 Å². The van der Waals surface area contributed by atoms with E-state index < -0.39 is 0 Å². The highest BCUT2D eigenvalue weighted by atomic mass is 16.3. The van der Waals surface area contributed by atoms with E-state index in [1.807, 2.05) is 6.07 Å². The average Bonchev–Trinajstić information content (AvgIpc) is 3.21. The van der Waals surface area contributed by atoms with Crippen molar-refractivity contribution in [3.05, 3.63) is 36.2 Å². The lowest BCUT2D eigenvalue weighted by Gasteiger charge is -2.18. The van der Waals surface area contributed by atoms with Gasteiger partial charge in [-0.1, -0.05) is 12.1 Å². The molecule has 1 atom stereocenters. The Hall–Kier alpha value is -2.28. The van der Waals surface area contributed by atoms with Gasteiger partial charge in [-0.15, -0.1) is 5.10 Å². The Kier molecular flexibility index (Phi) is 3.92. The summed E-state index contributed by atoms with van der Waals surface area (Å²) in [4.78, 5) is 12.5. The fourth-order valence-corrected chi connectivity index (χ4v) is 2.45. The number of aliphatic hydroxyl groups is 1. The number of nitrogens with zero attached hydrogens (tertiary/aromatic N) is 4. The summed E-state index contributed by atoms with van der Waals surface area (Å²) in [6.45, 7) is 0.0795. The molecule has 7 heteroatoms. The van der Waals surface area contributed by atoms with Crippen molar-refractivity contribution in [2.24, 2.45) is 5.92 Å². The molecule has 1 aromatic carbocycles. The summed E-state index contributed by atoms with van der Waals surface area (Å²) >= 11 is 0. The first kappa shape index (κ1) is 13.7. The van der Waals surface area contributed by atoms with Crippen LogP contribution < -0.4 is 5.32 Å². The Morgan fingerprint density at radius 1 is 1.43 bits per heavy atom. The van der Waals surface area contributed by atoms with Gasteiger partial charge in [0.15, 0.2) is 0 Å². The van der Waals surface area contributed by atoms with Gasteiger partial charge in [-0.3, -0.25) is 4.79 Å². The summed E-state index contributed by atoms with van der Waals surface area (Å²) in [7, 11) is 0. The highest BCUT2D eigenvalue weighted by Gasteiger charge is 2.32. The van der Waals surface area contributed by atoms with Crippen LogP contribution in [0.2, 0.25) is 0 Å². The molecule has 110 valence electrons. The summed E-state index contributed by atoms with van der Waals surface area (Å²) in [5.41, 5.74) is 1.16. The van der Waals surface area contributed by atoms with Crippen LogP contribution in [0.1, 0.15) is 29.6 Å². The summed E-state index contributed by atoms with van der Waals surface area (Å²) in [5.74, 6) is 0.327. The van der Waals surface area contributed by atoms with Crippen molar-refractivity contribution in [1.29, 1.82) is 0 Å². The number of benzene rings is 1. The van der Waals surface area contributed by atoms with Gasteiger partial charge in [0.25, 0.3) is 5.91 Å². The minimum Gasteiger partial charge on any atom is -0.396 e. The van der Waals surface area contributed by atoms with Gasteiger partial charge in [0.1, 0.15) is 6.33 Å². The summed E-state index contributed by atoms with van der Waals surface area (Å²) < 4.78 is 1.47. The molecule has 1 heterocycles. The molecule has 0 bridgehead atoms. The molecule has 7 nitrogen and oxygen atoms in total. The van der Waals surface area contributed by atoms with Gasteiger partial charge in [-0.2, -0.15) is 4.68 Å². The molecule has 1 aromatic heterocycles. The molecule has 1 aliphatic carbocycles. The minimum atomic E-state index is -0.161. The third-order valence-corrected chi connectivity index (χ3v) is 3.69. The molecule has 21 heavy (non-hydrogen) atoms. The SMILES string of the molecule is O=C(NC(CCO)C1CC1)c1ccccc1-n1cnnn1. The van der Waals surface area contributed by atoms with Crippen molar-refractivity contribution in [2.75, 3.05) is 6.61 Å². The van der Waals surface area contributed by atoms with E-state index in [9.17, 15) is 4.79 Å².